The molecule has 1 saturated heterocycles. The Bertz CT molecular complexity index is 197. The second kappa shape index (κ2) is 3.77. The van der Waals surface area contributed by atoms with Gasteiger partial charge in [-0.2, -0.15) is 5.26 Å². The van der Waals surface area contributed by atoms with E-state index in [1.54, 1.807) is 0 Å². The van der Waals surface area contributed by atoms with Gasteiger partial charge in [0.05, 0.1) is 6.07 Å². The first-order valence-corrected chi connectivity index (χ1v) is 4.69. The molecule has 0 radical (unpaired) electrons. The number of hydrogen-bond acceptors (Lipinski definition) is 3. The number of carbonyl (C=O) groups excluding carboxylic acids is 1. The predicted molar refractivity (Wildman–Crippen MR) is 45.0 cm³/mol. The molecule has 0 saturated carbocycles. The summed E-state index contributed by atoms with van der Waals surface area (Å²) < 4.78 is 0. The topological polar surface area (TPSA) is 40.9 Å². The molecule has 1 aliphatic heterocycles. The van der Waals surface area contributed by atoms with Crippen molar-refractivity contribution in [3.63, 3.8) is 0 Å². The minimum atomic E-state index is 0.212. The summed E-state index contributed by atoms with van der Waals surface area (Å²) in [6.07, 6.45) is 2.42. The lowest BCUT2D eigenvalue weighted by Crippen LogP contribution is -1.98. The molecule has 0 spiro atoms. The van der Waals surface area contributed by atoms with Crippen LogP contribution in [0.3, 0.4) is 0 Å². The number of nitriles is 1. The van der Waals surface area contributed by atoms with Crippen LogP contribution in [0.5, 0.6) is 0 Å². The molecule has 60 valence electrons. The third kappa shape index (κ3) is 2.23. The zero-order valence-electron chi connectivity index (χ0n) is 6.54. The molecule has 0 aromatic carbocycles. The standard InChI is InChI=1S/C8H11NOS/c1-6-5-7(3-2-4-9)11-8(6)10/h6-7H,2-3,5H2,1H3. The van der Waals surface area contributed by atoms with Crippen LogP contribution in [0.15, 0.2) is 0 Å². The van der Waals surface area contributed by atoms with Gasteiger partial charge in [-0.15, -0.1) is 0 Å². The fourth-order valence-corrected chi connectivity index (χ4v) is 2.50. The van der Waals surface area contributed by atoms with Gasteiger partial charge in [-0.05, 0) is 12.8 Å². The Hall–Kier alpha value is -0.490. The highest BCUT2D eigenvalue weighted by Gasteiger charge is 2.29. The van der Waals surface area contributed by atoms with Gasteiger partial charge in [0.15, 0.2) is 5.12 Å². The van der Waals surface area contributed by atoms with Gasteiger partial charge < -0.3 is 0 Å². The SMILES string of the molecule is CC1CC(CCC#N)SC1=O. The van der Waals surface area contributed by atoms with Crippen LogP contribution in [-0.4, -0.2) is 10.4 Å². The zero-order chi connectivity index (χ0) is 8.27. The molecule has 0 amide bonds. The first-order chi connectivity index (χ1) is 5.24. The maximum Gasteiger partial charge on any atom is 0.192 e. The number of thioether (sulfide) groups is 1. The van der Waals surface area contributed by atoms with E-state index in [0.717, 1.165) is 12.8 Å². The molecule has 2 nitrogen and oxygen atoms in total. The first-order valence-electron chi connectivity index (χ1n) is 3.81. The van der Waals surface area contributed by atoms with E-state index >= 15 is 0 Å². The van der Waals surface area contributed by atoms with Crippen LogP contribution in [0, 0.1) is 17.2 Å². The molecular formula is C8H11NOS. The molecule has 1 aliphatic rings. The average molecular weight is 169 g/mol. The zero-order valence-corrected chi connectivity index (χ0v) is 7.36. The lowest BCUT2D eigenvalue weighted by Gasteiger charge is -2.01. The highest BCUT2D eigenvalue weighted by Crippen LogP contribution is 2.34. The molecule has 0 aromatic heterocycles. The van der Waals surface area contributed by atoms with Crippen molar-refractivity contribution in [2.24, 2.45) is 5.92 Å². The van der Waals surface area contributed by atoms with Crippen LogP contribution in [0.25, 0.3) is 0 Å². The molecular weight excluding hydrogens is 158 g/mol. The summed E-state index contributed by atoms with van der Waals surface area (Å²) in [5.74, 6) is 0.212. The molecule has 2 atom stereocenters. The van der Waals surface area contributed by atoms with Crippen molar-refractivity contribution in [2.45, 2.75) is 31.4 Å². The van der Waals surface area contributed by atoms with Crippen molar-refractivity contribution >= 4 is 16.9 Å². The van der Waals surface area contributed by atoms with E-state index in [4.69, 9.17) is 5.26 Å². The van der Waals surface area contributed by atoms with Crippen molar-refractivity contribution in [2.75, 3.05) is 0 Å². The second-order valence-corrected chi connectivity index (χ2v) is 4.20. The van der Waals surface area contributed by atoms with Gasteiger partial charge in [-0.1, -0.05) is 18.7 Å². The highest BCUT2D eigenvalue weighted by atomic mass is 32.2. The molecule has 0 aliphatic carbocycles. The Morgan fingerprint density at radius 2 is 2.55 bits per heavy atom. The van der Waals surface area contributed by atoms with E-state index in [1.807, 2.05) is 6.92 Å². The van der Waals surface area contributed by atoms with E-state index in [1.165, 1.54) is 11.8 Å². The summed E-state index contributed by atoms with van der Waals surface area (Å²) in [4.78, 5) is 11.0. The minimum absolute atomic E-state index is 0.212. The van der Waals surface area contributed by atoms with Gasteiger partial charge in [-0.3, -0.25) is 4.79 Å². The van der Waals surface area contributed by atoms with E-state index in [9.17, 15) is 4.79 Å². The van der Waals surface area contributed by atoms with Crippen LogP contribution in [0.2, 0.25) is 0 Å². The third-order valence-corrected chi connectivity index (χ3v) is 3.28. The van der Waals surface area contributed by atoms with Crippen molar-refractivity contribution < 1.29 is 4.79 Å². The fourth-order valence-electron chi connectivity index (χ4n) is 1.22. The van der Waals surface area contributed by atoms with Gasteiger partial charge in [0.2, 0.25) is 0 Å². The number of rotatable bonds is 2. The lowest BCUT2D eigenvalue weighted by molar-refractivity contribution is -0.113. The summed E-state index contributed by atoms with van der Waals surface area (Å²) in [6, 6.07) is 2.10. The lowest BCUT2D eigenvalue weighted by atomic mass is 10.1. The largest absolute Gasteiger partial charge is 0.287 e. The maximum atomic E-state index is 11.0. The Balaban J connectivity index is 2.30. The van der Waals surface area contributed by atoms with Crippen LogP contribution >= 0.6 is 11.8 Å². The molecule has 0 aromatic rings. The molecule has 3 heteroatoms. The predicted octanol–water partition coefficient (Wildman–Crippen LogP) is 1.96. The number of nitrogens with zero attached hydrogens (tertiary/aromatic N) is 1. The molecule has 1 rings (SSSR count). The quantitative estimate of drug-likeness (QED) is 0.634. The van der Waals surface area contributed by atoms with Crippen molar-refractivity contribution in [1.29, 1.82) is 5.26 Å². The Kier molecular flexibility index (Phi) is 2.95. The molecule has 1 heterocycles. The van der Waals surface area contributed by atoms with E-state index in [2.05, 4.69) is 6.07 Å². The van der Waals surface area contributed by atoms with Gasteiger partial charge in [0, 0.05) is 17.6 Å². The van der Waals surface area contributed by atoms with Crippen LogP contribution < -0.4 is 0 Å². The molecule has 1 fully saturated rings. The number of hydrogen-bond donors (Lipinski definition) is 0. The van der Waals surface area contributed by atoms with Gasteiger partial charge in [0.1, 0.15) is 0 Å². The summed E-state index contributed by atoms with van der Waals surface area (Å²) in [7, 11) is 0. The highest BCUT2D eigenvalue weighted by molar-refractivity contribution is 8.14. The minimum Gasteiger partial charge on any atom is -0.287 e. The van der Waals surface area contributed by atoms with Crippen molar-refractivity contribution in [1.82, 2.24) is 0 Å². The smallest absolute Gasteiger partial charge is 0.192 e. The molecule has 2 unspecified atom stereocenters. The van der Waals surface area contributed by atoms with Crippen LogP contribution in [0.1, 0.15) is 26.2 Å². The maximum absolute atomic E-state index is 11.0. The summed E-state index contributed by atoms with van der Waals surface area (Å²) in [5.41, 5.74) is 0. The first kappa shape index (κ1) is 8.61. The van der Waals surface area contributed by atoms with Gasteiger partial charge >= 0.3 is 0 Å². The molecule has 11 heavy (non-hydrogen) atoms. The molecule has 0 N–H and O–H groups in total. The van der Waals surface area contributed by atoms with Crippen molar-refractivity contribution in [3.8, 4) is 6.07 Å². The third-order valence-electron chi connectivity index (χ3n) is 1.88. The summed E-state index contributed by atoms with van der Waals surface area (Å²) in [5, 5.41) is 9.03. The van der Waals surface area contributed by atoms with Gasteiger partial charge in [0.25, 0.3) is 0 Å². The average Bonchev–Trinajstić information content (AvgIpc) is 2.28. The van der Waals surface area contributed by atoms with E-state index in [0.29, 0.717) is 16.8 Å². The van der Waals surface area contributed by atoms with E-state index < -0.39 is 0 Å². The normalized spacial score (nSPS) is 30.4. The monoisotopic (exact) mass is 169 g/mol. The summed E-state index contributed by atoms with van der Waals surface area (Å²) >= 11 is 1.42. The Morgan fingerprint density at radius 1 is 1.82 bits per heavy atom. The van der Waals surface area contributed by atoms with Crippen LogP contribution in [0.4, 0.5) is 0 Å². The second-order valence-electron chi connectivity index (χ2n) is 2.89. The van der Waals surface area contributed by atoms with Crippen LogP contribution in [-0.2, 0) is 4.79 Å². The Labute approximate surface area is 71.0 Å². The van der Waals surface area contributed by atoms with Crippen molar-refractivity contribution in [3.05, 3.63) is 0 Å². The fraction of sp³-hybridized carbons (Fsp3) is 0.750. The van der Waals surface area contributed by atoms with Gasteiger partial charge in [-0.25, -0.2) is 0 Å². The summed E-state index contributed by atoms with van der Waals surface area (Å²) in [6.45, 7) is 1.96. The number of carbonyl (C=O) groups is 1. The Morgan fingerprint density at radius 3 is 3.00 bits per heavy atom. The van der Waals surface area contributed by atoms with E-state index in [-0.39, 0.29) is 5.92 Å². The molecule has 0 bridgehead atoms.